The van der Waals surface area contributed by atoms with Crippen LogP contribution in [-0.4, -0.2) is 36.7 Å². The van der Waals surface area contributed by atoms with Gasteiger partial charge < -0.3 is 5.32 Å². The Labute approximate surface area is 189 Å². The fourth-order valence-corrected chi connectivity index (χ4v) is 5.74. The van der Waals surface area contributed by atoms with Gasteiger partial charge in [0, 0.05) is 30.0 Å². The van der Waals surface area contributed by atoms with Gasteiger partial charge in [0.2, 0.25) is 15.9 Å². The van der Waals surface area contributed by atoms with Crippen molar-refractivity contribution < 1.29 is 22.0 Å². The Morgan fingerprint density at radius 1 is 1.09 bits per heavy atom. The zero-order chi connectivity index (χ0) is 22.9. The first kappa shape index (κ1) is 22.5. The smallest absolute Gasteiger partial charge is 0.243 e. The number of hydrogen-bond donors (Lipinski definition) is 1. The third-order valence-electron chi connectivity index (χ3n) is 5.44. The Balaban J connectivity index is 1.36. The van der Waals surface area contributed by atoms with Crippen LogP contribution < -0.4 is 5.32 Å². The molecule has 0 radical (unpaired) electrons. The molecule has 1 N–H and O–H groups in total. The minimum atomic E-state index is -3.96. The predicted molar refractivity (Wildman–Crippen MR) is 119 cm³/mol. The maximum absolute atomic E-state index is 13.5. The lowest BCUT2D eigenvalue weighted by molar-refractivity contribution is -0.120. The molecule has 3 aromatic rings. The predicted octanol–water partition coefficient (Wildman–Crippen LogP) is 4.44. The molecule has 1 saturated heterocycles. The van der Waals surface area contributed by atoms with Crippen molar-refractivity contribution in [1.82, 2.24) is 9.29 Å². The molecule has 1 aliphatic rings. The molecular weight excluding hydrogens is 456 g/mol. The minimum absolute atomic E-state index is 0.117. The number of sulfonamides is 1. The molecule has 1 amide bonds. The Morgan fingerprint density at radius 2 is 1.78 bits per heavy atom. The third-order valence-corrected chi connectivity index (χ3v) is 8.09. The first-order valence-electron chi connectivity index (χ1n) is 10.0. The summed E-state index contributed by atoms with van der Waals surface area (Å²) in [5.74, 6) is -2.89. The van der Waals surface area contributed by atoms with Gasteiger partial charge in [-0.1, -0.05) is 29.8 Å². The molecule has 10 heteroatoms. The molecule has 32 heavy (non-hydrogen) atoms. The van der Waals surface area contributed by atoms with Crippen LogP contribution in [0.3, 0.4) is 0 Å². The van der Waals surface area contributed by atoms with E-state index < -0.39 is 21.7 Å². The van der Waals surface area contributed by atoms with Crippen LogP contribution in [0.25, 0.3) is 11.3 Å². The quantitative estimate of drug-likeness (QED) is 0.589. The van der Waals surface area contributed by atoms with Crippen LogP contribution in [-0.2, 0) is 14.8 Å². The second-order valence-corrected chi connectivity index (χ2v) is 10.4. The molecule has 0 bridgehead atoms. The topological polar surface area (TPSA) is 79.4 Å². The van der Waals surface area contributed by atoms with Crippen molar-refractivity contribution in [2.45, 2.75) is 24.7 Å². The second-order valence-electron chi connectivity index (χ2n) is 7.65. The summed E-state index contributed by atoms with van der Waals surface area (Å²) in [4.78, 5) is 16.8. The highest BCUT2D eigenvalue weighted by Gasteiger charge is 2.32. The van der Waals surface area contributed by atoms with E-state index in [-0.39, 0.29) is 29.8 Å². The number of amides is 1. The monoisotopic (exact) mass is 477 g/mol. The molecule has 2 heterocycles. The Bertz CT molecular complexity index is 1240. The Morgan fingerprint density at radius 3 is 2.44 bits per heavy atom. The van der Waals surface area contributed by atoms with Gasteiger partial charge in [-0.25, -0.2) is 22.2 Å². The summed E-state index contributed by atoms with van der Waals surface area (Å²) in [6.07, 6.45) is 0.649. The van der Waals surface area contributed by atoms with Crippen molar-refractivity contribution in [3.05, 3.63) is 65.0 Å². The van der Waals surface area contributed by atoms with Crippen molar-refractivity contribution in [2.24, 2.45) is 5.92 Å². The average molecular weight is 478 g/mol. The molecule has 0 saturated carbocycles. The normalized spacial score (nSPS) is 15.6. The highest BCUT2D eigenvalue weighted by Crippen LogP contribution is 2.28. The van der Waals surface area contributed by atoms with Crippen LogP contribution in [0.15, 0.2) is 52.7 Å². The van der Waals surface area contributed by atoms with E-state index in [1.54, 1.807) is 0 Å². The Hall–Kier alpha value is -2.69. The number of carbonyl (C=O) groups excluding carboxylic acids is 1. The molecule has 168 valence electrons. The van der Waals surface area contributed by atoms with Gasteiger partial charge in [0.1, 0.15) is 0 Å². The minimum Gasteiger partial charge on any atom is -0.302 e. The summed E-state index contributed by atoms with van der Waals surface area (Å²) in [6, 6.07) is 10.4. The zero-order valence-electron chi connectivity index (χ0n) is 17.2. The lowest BCUT2D eigenvalue weighted by Gasteiger charge is -2.30. The van der Waals surface area contributed by atoms with Crippen molar-refractivity contribution in [3.63, 3.8) is 0 Å². The van der Waals surface area contributed by atoms with Crippen LogP contribution in [0, 0.1) is 24.5 Å². The SMILES string of the molecule is Cc1ccc(-c2csc(NC(=O)C3CCN(S(=O)(=O)c4ccc(F)c(F)c4)CC3)n2)cc1. The highest BCUT2D eigenvalue weighted by atomic mass is 32.2. The third kappa shape index (κ3) is 4.72. The van der Waals surface area contributed by atoms with Crippen LogP contribution in [0.1, 0.15) is 18.4 Å². The van der Waals surface area contributed by atoms with E-state index in [9.17, 15) is 22.0 Å². The van der Waals surface area contributed by atoms with Gasteiger partial charge in [0.15, 0.2) is 16.8 Å². The molecule has 0 atom stereocenters. The van der Waals surface area contributed by atoms with Crippen molar-refractivity contribution in [1.29, 1.82) is 0 Å². The van der Waals surface area contributed by atoms with Gasteiger partial charge >= 0.3 is 0 Å². The van der Waals surface area contributed by atoms with Crippen LogP contribution >= 0.6 is 11.3 Å². The fourth-order valence-electron chi connectivity index (χ4n) is 3.54. The number of nitrogens with zero attached hydrogens (tertiary/aromatic N) is 2. The van der Waals surface area contributed by atoms with Gasteiger partial charge in [-0.05, 0) is 38.0 Å². The second kappa shape index (κ2) is 9.05. The number of rotatable bonds is 5. The molecule has 2 aromatic carbocycles. The number of aromatic nitrogens is 1. The first-order valence-corrected chi connectivity index (χ1v) is 12.3. The van der Waals surface area contributed by atoms with E-state index in [2.05, 4.69) is 10.3 Å². The number of benzene rings is 2. The van der Waals surface area contributed by atoms with E-state index in [4.69, 9.17) is 0 Å². The van der Waals surface area contributed by atoms with E-state index in [0.29, 0.717) is 24.0 Å². The molecule has 1 aliphatic heterocycles. The van der Waals surface area contributed by atoms with Gasteiger partial charge in [-0.3, -0.25) is 4.79 Å². The number of piperidine rings is 1. The van der Waals surface area contributed by atoms with Crippen molar-refractivity contribution in [2.75, 3.05) is 18.4 Å². The van der Waals surface area contributed by atoms with Crippen LogP contribution in [0.5, 0.6) is 0 Å². The summed E-state index contributed by atoms with van der Waals surface area (Å²) < 4.78 is 53.2. The Kier molecular flexibility index (Phi) is 6.36. The summed E-state index contributed by atoms with van der Waals surface area (Å²) in [6.45, 7) is 2.24. The molecular formula is C22H21F2N3O3S2. The van der Waals surface area contributed by atoms with Gasteiger partial charge in [0.05, 0.1) is 10.6 Å². The number of hydrogen-bond acceptors (Lipinski definition) is 5. The van der Waals surface area contributed by atoms with Gasteiger partial charge in [-0.15, -0.1) is 11.3 Å². The number of nitrogens with one attached hydrogen (secondary N) is 1. The lowest BCUT2D eigenvalue weighted by atomic mass is 9.97. The molecule has 4 rings (SSSR count). The largest absolute Gasteiger partial charge is 0.302 e. The van der Waals surface area contributed by atoms with Crippen molar-refractivity contribution >= 4 is 32.4 Å². The summed E-state index contributed by atoms with van der Waals surface area (Å²) >= 11 is 1.33. The first-order chi connectivity index (χ1) is 15.2. The number of anilines is 1. The van der Waals surface area contributed by atoms with Gasteiger partial charge in [0.25, 0.3) is 0 Å². The van der Waals surface area contributed by atoms with Crippen molar-refractivity contribution in [3.8, 4) is 11.3 Å². The maximum atomic E-state index is 13.5. The maximum Gasteiger partial charge on any atom is 0.243 e. The highest BCUT2D eigenvalue weighted by molar-refractivity contribution is 7.89. The number of halogens is 2. The molecule has 0 spiro atoms. The molecule has 1 fully saturated rings. The summed E-state index contributed by atoms with van der Waals surface area (Å²) in [5, 5.41) is 5.18. The standard InChI is InChI=1S/C22H21F2N3O3S2/c1-14-2-4-15(5-3-14)20-13-31-22(25-20)26-21(28)16-8-10-27(11-9-16)32(29,30)17-6-7-18(23)19(24)12-17/h2-7,12-13,16H,8-11H2,1H3,(H,25,26,28). The van der Waals surface area contributed by atoms with E-state index >= 15 is 0 Å². The number of thiazole rings is 1. The summed E-state index contributed by atoms with van der Waals surface area (Å²) in [5.41, 5.74) is 2.89. The zero-order valence-corrected chi connectivity index (χ0v) is 18.8. The number of aryl methyl sites for hydroxylation is 1. The molecule has 0 aliphatic carbocycles. The molecule has 6 nitrogen and oxygen atoms in total. The molecule has 1 aromatic heterocycles. The van der Waals surface area contributed by atoms with E-state index in [1.807, 2.05) is 36.6 Å². The van der Waals surface area contributed by atoms with Gasteiger partial charge in [-0.2, -0.15) is 4.31 Å². The average Bonchev–Trinajstić information content (AvgIpc) is 3.24. The van der Waals surface area contributed by atoms with Crippen LogP contribution in [0.4, 0.5) is 13.9 Å². The molecule has 0 unspecified atom stereocenters. The lowest BCUT2D eigenvalue weighted by Crippen LogP contribution is -2.41. The summed E-state index contributed by atoms with van der Waals surface area (Å²) in [7, 11) is -3.96. The van der Waals surface area contributed by atoms with E-state index in [0.717, 1.165) is 29.0 Å². The van der Waals surface area contributed by atoms with Crippen LogP contribution in [0.2, 0.25) is 0 Å². The van der Waals surface area contributed by atoms with E-state index in [1.165, 1.54) is 15.6 Å². The fraction of sp³-hybridized carbons (Fsp3) is 0.273. The number of carbonyl (C=O) groups is 1.